The molecule has 0 spiro atoms. The third-order valence-electron chi connectivity index (χ3n) is 15.5. The summed E-state index contributed by atoms with van der Waals surface area (Å²) < 4.78 is 11.0. The van der Waals surface area contributed by atoms with Crippen molar-refractivity contribution in [3.63, 3.8) is 0 Å². The third-order valence-corrected chi connectivity index (χ3v) is 15.5. The zero-order valence-electron chi connectivity index (χ0n) is 48.7. The molecule has 0 aliphatic heterocycles. The molecule has 10 aromatic rings. The Morgan fingerprint density at radius 3 is 0.682 bits per heavy atom. The van der Waals surface area contributed by atoms with Gasteiger partial charge < -0.3 is 29.1 Å². The Bertz CT molecular complexity index is 3850. The third kappa shape index (κ3) is 13.0. The Morgan fingerprint density at radius 1 is 0.284 bits per heavy atom. The van der Waals surface area contributed by atoms with Crippen LogP contribution in [0.2, 0.25) is 0 Å². The van der Waals surface area contributed by atoms with E-state index in [2.05, 4.69) is 262 Å². The van der Waals surface area contributed by atoms with E-state index in [-0.39, 0.29) is 0 Å². The molecule has 12 rings (SSSR count). The predicted octanol–water partition coefficient (Wildman–Crippen LogP) is 18.6. The normalized spacial score (nSPS) is 14.2. The van der Waals surface area contributed by atoms with Crippen molar-refractivity contribution in [1.29, 1.82) is 0 Å². The number of benzene rings is 10. The molecule has 0 saturated carbocycles. The summed E-state index contributed by atoms with van der Waals surface area (Å²) >= 11 is 0. The lowest BCUT2D eigenvalue weighted by atomic mass is 10.0. The highest BCUT2D eigenvalue weighted by Crippen LogP contribution is 2.41. The van der Waals surface area contributed by atoms with Gasteiger partial charge in [0.05, 0.1) is 0 Å². The highest BCUT2D eigenvalue weighted by Gasteiger charge is 2.24. The average Bonchev–Trinajstić information content (AvgIpc) is 2.85. The molecule has 2 atom stereocenters. The van der Waals surface area contributed by atoms with Crippen LogP contribution in [0.1, 0.15) is 26.7 Å². The minimum Gasteiger partial charge on any atom is -0.452 e. The molecule has 10 heteroatoms. The van der Waals surface area contributed by atoms with Crippen LogP contribution in [-0.4, -0.2) is 35.7 Å². The molecule has 0 fully saturated rings. The Balaban J connectivity index is 0.807. The van der Waals surface area contributed by atoms with Crippen molar-refractivity contribution in [1.82, 2.24) is 0 Å². The minimum atomic E-state index is -0.855. The standard InChI is InChI=1S/C78H62N4O6/c1-55(83)77(85)87-75-51-47-73(48-52-75)81(69-39-27-59(28-40-69)57-23-35-67(36-24-57)79(63-15-7-3-8-16-63)64-17-9-4-10-18-64)71-43-31-61(32-44-71)62-33-45-72(46-34-62)82(74-49-53-76(54-50-74)88-78(86)56(2)84)70-41-29-60(30-42-70)58-25-37-68(38-26-58)80(65-19-11-5-12-20-65)66-21-13-6-14-22-66/h3-51,53,75-76H,52,54H2,1-2H3. The van der Waals surface area contributed by atoms with Gasteiger partial charge >= 0.3 is 11.9 Å². The molecule has 0 N–H and O–H groups in total. The van der Waals surface area contributed by atoms with Crippen molar-refractivity contribution in [3.8, 4) is 33.4 Å². The van der Waals surface area contributed by atoms with Crippen LogP contribution in [0.5, 0.6) is 0 Å². The SMILES string of the molecule is CC(=O)C(=O)OC1C=CC(N(c2ccc(-c3ccc(N(C4=CCC(OC(=O)C(C)=O)C=C4)c4ccc(-c5ccc(N(c6ccccc6)c6ccccc6)cc5)cc4)cc3)cc2)c2ccc(-c3ccc(N(c4ccccc4)c4ccccc4)cc3)cc2)=CC1. The fourth-order valence-electron chi connectivity index (χ4n) is 11.0. The van der Waals surface area contributed by atoms with Crippen LogP contribution in [0, 0.1) is 0 Å². The van der Waals surface area contributed by atoms with Gasteiger partial charge in [-0.1, -0.05) is 158 Å². The maximum Gasteiger partial charge on any atom is 0.374 e. The summed E-state index contributed by atoms with van der Waals surface area (Å²) in [5.74, 6) is -2.99. The van der Waals surface area contributed by atoms with Gasteiger partial charge in [-0.2, -0.15) is 0 Å². The number of allylic oxidation sites excluding steroid dienone is 2. The topological polar surface area (TPSA) is 99.7 Å². The van der Waals surface area contributed by atoms with Gasteiger partial charge in [0.25, 0.3) is 0 Å². The smallest absolute Gasteiger partial charge is 0.374 e. The van der Waals surface area contributed by atoms with Gasteiger partial charge in [0.2, 0.25) is 11.6 Å². The first kappa shape index (κ1) is 57.1. The van der Waals surface area contributed by atoms with E-state index in [0.29, 0.717) is 12.8 Å². The van der Waals surface area contributed by atoms with Gasteiger partial charge in [-0.3, -0.25) is 9.59 Å². The number of nitrogens with zero attached hydrogens (tertiary/aromatic N) is 4. The molecular weight excluding hydrogens is 1090 g/mol. The van der Waals surface area contributed by atoms with Crippen LogP contribution in [0.15, 0.2) is 315 Å². The highest BCUT2D eigenvalue weighted by molar-refractivity contribution is 6.33. The quantitative estimate of drug-likeness (QED) is 0.0575. The zero-order valence-corrected chi connectivity index (χ0v) is 48.7. The second-order valence-electron chi connectivity index (χ2n) is 21.4. The Kier molecular flexibility index (Phi) is 17.0. The molecule has 0 heterocycles. The van der Waals surface area contributed by atoms with Crippen LogP contribution >= 0.6 is 0 Å². The molecule has 0 aromatic heterocycles. The number of Topliss-reactive ketones (excluding diaryl/α,β-unsaturated/α-hetero) is 2. The number of esters is 2. The second-order valence-corrected chi connectivity index (χ2v) is 21.4. The molecule has 0 amide bonds. The molecule has 88 heavy (non-hydrogen) atoms. The molecule has 0 saturated heterocycles. The number of ether oxygens (including phenoxy) is 2. The van der Waals surface area contributed by atoms with Crippen molar-refractivity contribution < 1.29 is 28.7 Å². The molecular formula is C78H62N4O6. The summed E-state index contributed by atoms with van der Waals surface area (Å²) in [4.78, 5) is 57.0. The van der Waals surface area contributed by atoms with Crippen molar-refractivity contribution in [3.05, 3.63) is 315 Å². The Morgan fingerprint density at radius 2 is 0.489 bits per heavy atom. The zero-order chi connectivity index (χ0) is 60.3. The van der Waals surface area contributed by atoms with Crippen LogP contribution in [0.4, 0.5) is 56.9 Å². The molecule has 10 nitrogen and oxygen atoms in total. The maximum absolute atomic E-state index is 12.3. The first-order valence-corrected chi connectivity index (χ1v) is 29.3. The lowest BCUT2D eigenvalue weighted by Crippen LogP contribution is -2.24. The fourth-order valence-corrected chi connectivity index (χ4v) is 11.0. The van der Waals surface area contributed by atoms with E-state index >= 15 is 0 Å². The van der Waals surface area contributed by atoms with Gasteiger partial charge in [-0.25, -0.2) is 9.59 Å². The van der Waals surface area contributed by atoms with Gasteiger partial charge in [0.15, 0.2) is 0 Å². The molecule has 430 valence electrons. The molecule has 2 aliphatic rings. The number of carbonyl (C=O) groups is 4. The predicted molar refractivity (Wildman–Crippen MR) is 354 cm³/mol. The van der Waals surface area contributed by atoms with E-state index in [1.165, 1.54) is 13.8 Å². The van der Waals surface area contributed by atoms with Gasteiger partial charge in [0.1, 0.15) is 12.2 Å². The van der Waals surface area contributed by atoms with Crippen molar-refractivity contribution in [2.75, 3.05) is 19.6 Å². The van der Waals surface area contributed by atoms with E-state index in [0.717, 1.165) is 102 Å². The van der Waals surface area contributed by atoms with Crippen LogP contribution < -0.4 is 19.6 Å². The number of carbonyl (C=O) groups excluding carboxylic acids is 4. The summed E-state index contributed by atoms with van der Waals surface area (Å²) in [6.45, 7) is 2.42. The second kappa shape index (κ2) is 26.3. The Labute approximate surface area is 513 Å². The number of hydrogen-bond donors (Lipinski definition) is 0. The summed E-state index contributed by atoms with van der Waals surface area (Å²) in [5.41, 5.74) is 18.2. The number of rotatable bonds is 19. The summed E-state index contributed by atoms with van der Waals surface area (Å²) in [5, 5.41) is 0. The van der Waals surface area contributed by atoms with Gasteiger partial charge in [-0.15, -0.1) is 0 Å². The number of ketones is 2. The summed E-state index contributed by atoms with van der Waals surface area (Å²) in [7, 11) is 0. The number of para-hydroxylation sites is 4. The van der Waals surface area contributed by atoms with Crippen molar-refractivity contribution in [2.24, 2.45) is 0 Å². The van der Waals surface area contributed by atoms with E-state index in [1.54, 1.807) is 0 Å². The van der Waals surface area contributed by atoms with Gasteiger partial charge in [-0.05, 0) is 179 Å². The molecule has 10 aromatic carbocycles. The first-order valence-electron chi connectivity index (χ1n) is 29.3. The fraction of sp³-hybridized carbons (Fsp3) is 0.0769. The van der Waals surface area contributed by atoms with Crippen LogP contribution in [0.25, 0.3) is 33.4 Å². The largest absolute Gasteiger partial charge is 0.452 e. The lowest BCUT2D eigenvalue weighted by molar-refractivity contribution is -0.155. The van der Waals surface area contributed by atoms with E-state index in [1.807, 2.05) is 60.7 Å². The minimum absolute atomic E-state index is 0.402. The maximum atomic E-state index is 12.3. The van der Waals surface area contributed by atoms with Crippen LogP contribution in [0.3, 0.4) is 0 Å². The highest BCUT2D eigenvalue weighted by atomic mass is 16.6. The molecule has 0 bridgehead atoms. The first-order chi connectivity index (χ1) is 43.1. The number of hydrogen-bond acceptors (Lipinski definition) is 10. The lowest BCUT2D eigenvalue weighted by Gasteiger charge is -2.29. The molecule has 2 unspecified atom stereocenters. The van der Waals surface area contributed by atoms with Crippen LogP contribution in [-0.2, 0) is 28.7 Å². The number of anilines is 10. The molecule has 0 radical (unpaired) electrons. The summed E-state index contributed by atoms with van der Waals surface area (Å²) in [6, 6.07) is 92.5. The molecule has 2 aliphatic carbocycles. The average molecular weight is 1150 g/mol. The van der Waals surface area contributed by atoms with Crippen molar-refractivity contribution in [2.45, 2.75) is 38.9 Å². The van der Waals surface area contributed by atoms with Gasteiger partial charge in [0, 0.05) is 95.0 Å². The van der Waals surface area contributed by atoms with E-state index in [9.17, 15) is 19.2 Å². The van der Waals surface area contributed by atoms with E-state index < -0.39 is 35.7 Å². The van der Waals surface area contributed by atoms with E-state index in [4.69, 9.17) is 9.47 Å². The Hall–Kier alpha value is -11.4. The summed E-state index contributed by atoms with van der Waals surface area (Å²) in [6.07, 6.45) is 11.3. The van der Waals surface area contributed by atoms with Crippen molar-refractivity contribution >= 4 is 80.4 Å². The monoisotopic (exact) mass is 1150 g/mol.